The van der Waals surface area contributed by atoms with Crippen molar-refractivity contribution in [2.24, 2.45) is 5.92 Å². The molecule has 1 aliphatic rings. The smallest absolute Gasteiger partial charge is 0.315 e. The van der Waals surface area contributed by atoms with E-state index in [4.69, 9.17) is 0 Å². The number of rotatable bonds is 3. The highest BCUT2D eigenvalue weighted by Crippen LogP contribution is 2.21. The molecule has 3 nitrogen and oxygen atoms in total. The lowest BCUT2D eigenvalue weighted by atomic mass is 9.92. The standard InChI is InChI=1S/C12H22N2O/c1-9(2)8-13-12(15)14-11-6-4-5-10(3)7-11/h9,11H,3-8H2,1-2H3,(H2,13,14,15)/t11-/m1/s1. The fourth-order valence-electron chi connectivity index (χ4n) is 1.81. The average Bonchev–Trinajstić information content (AvgIpc) is 2.15. The number of hydrogen-bond acceptors (Lipinski definition) is 1. The van der Waals surface area contributed by atoms with E-state index >= 15 is 0 Å². The Morgan fingerprint density at radius 1 is 1.60 bits per heavy atom. The maximum Gasteiger partial charge on any atom is 0.315 e. The molecule has 15 heavy (non-hydrogen) atoms. The summed E-state index contributed by atoms with van der Waals surface area (Å²) in [5.74, 6) is 0.497. The Kier molecular flexibility index (Phi) is 4.66. The Bertz CT molecular complexity index is 236. The van der Waals surface area contributed by atoms with Crippen molar-refractivity contribution in [3.8, 4) is 0 Å². The lowest BCUT2D eigenvalue weighted by Crippen LogP contribution is -2.44. The molecule has 2 amide bonds. The van der Waals surface area contributed by atoms with Crippen molar-refractivity contribution in [1.82, 2.24) is 10.6 Å². The van der Waals surface area contributed by atoms with Gasteiger partial charge >= 0.3 is 6.03 Å². The molecule has 1 saturated carbocycles. The molecular weight excluding hydrogens is 188 g/mol. The van der Waals surface area contributed by atoms with Gasteiger partial charge in [-0.25, -0.2) is 4.79 Å². The van der Waals surface area contributed by atoms with Crippen LogP contribution in [0.3, 0.4) is 0 Å². The highest BCUT2D eigenvalue weighted by Gasteiger charge is 2.17. The van der Waals surface area contributed by atoms with Crippen molar-refractivity contribution in [2.45, 2.75) is 45.6 Å². The van der Waals surface area contributed by atoms with E-state index in [0.29, 0.717) is 12.0 Å². The maximum atomic E-state index is 11.5. The molecule has 86 valence electrons. The fourth-order valence-corrected chi connectivity index (χ4v) is 1.81. The summed E-state index contributed by atoms with van der Waals surface area (Å²) >= 11 is 0. The van der Waals surface area contributed by atoms with E-state index in [1.165, 1.54) is 5.57 Å². The minimum Gasteiger partial charge on any atom is -0.338 e. The van der Waals surface area contributed by atoms with Gasteiger partial charge in [0, 0.05) is 12.6 Å². The monoisotopic (exact) mass is 210 g/mol. The number of carbonyl (C=O) groups excluding carboxylic acids is 1. The van der Waals surface area contributed by atoms with Gasteiger partial charge in [-0.1, -0.05) is 26.0 Å². The van der Waals surface area contributed by atoms with Gasteiger partial charge in [-0.3, -0.25) is 0 Å². The van der Waals surface area contributed by atoms with Gasteiger partial charge in [-0.05, 0) is 31.6 Å². The molecule has 0 spiro atoms. The molecule has 1 rings (SSSR count). The molecule has 0 heterocycles. The van der Waals surface area contributed by atoms with Crippen LogP contribution in [0.4, 0.5) is 4.79 Å². The molecule has 2 N–H and O–H groups in total. The van der Waals surface area contributed by atoms with Crippen LogP contribution < -0.4 is 10.6 Å². The van der Waals surface area contributed by atoms with Gasteiger partial charge in [0.05, 0.1) is 0 Å². The molecular formula is C12H22N2O. The summed E-state index contributed by atoms with van der Waals surface area (Å²) in [4.78, 5) is 11.5. The number of nitrogens with one attached hydrogen (secondary N) is 2. The fraction of sp³-hybridized carbons (Fsp3) is 0.750. The lowest BCUT2D eigenvalue weighted by Gasteiger charge is -2.24. The zero-order chi connectivity index (χ0) is 11.3. The van der Waals surface area contributed by atoms with E-state index in [1.54, 1.807) is 0 Å². The van der Waals surface area contributed by atoms with E-state index < -0.39 is 0 Å². The van der Waals surface area contributed by atoms with Crippen molar-refractivity contribution in [1.29, 1.82) is 0 Å². The second-order valence-electron chi connectivity index (χ2n) is 4.79. The summed E-state index contributed by atoms with van der Waals surface area (Å²) < 4.78 is 0. The molecule has 1 atom stereocenters. The predicted octanol–water partition coefficient (Wildman–Crippen LogP) is 2.44. The first kappa shape index (κ1) is 12.1. The molecule has 1 fully saturated rings. The van der Waals surface area contributed by atoms with Gasteiger partial charge in [0.1, 0.15) is 0 Å². The summed E-state index contributed by atoms with van der Waals surface area (Å²) in [7, 11) is 0. The third-order valence-corrected chi connectivity index (χ3v) is 2.62. The molecule has 0 aromatic carbocycles. The Balaban J connectivity index is 2.22. The lowest BCUT2D eigenvalue weighted by molar-refractivity contribution is 0.233. The Morgan fingerprint density at radius 3 is 2.93 bits per heavy atom. The van der Waals surface area contributed by atoms with Crippen molar-refractivity contribution >= 4 is 6.03 Å². The van der Waals surface area contributed by atoms with Gasteiger partial charge in [0.15, 0.2) is 0 Å². The van der Waals surface area contributed by atoms with Gasteiger partial charge in [-0.15, -0.1) is 0 Å². The van der Waals surface area contributed by atoms with Crippen LogP contribution in [0.1, 0.15) is 39.5 Å². The van der Waals surface area contributed by atoms with Gasteiger partial charge in [-0.2, -0.15) is 0 Å². The minimum atomic E-state index is -0.0385. The maximum absolute atomic E-state index is 11.5. The van der Waals surface area contributed by atoms with Crippen LogP contribution in [0.15, 0.2) is 12.2 Å². The van der Waals surface area contributed by atoms with Gasteiger partial charge < -0.3 is 10.6 Å². The zero-order valence-electron chi connectivity index (χ0n) is 9.81. The number of carbonyl (C=O) groups is 1. The van der Waals surface area contributed by atoms with E-state index in [2.05, 4.69) is 31.1 Å². The summed E-state index contributed by atoms with van der Waals surface area (Å²) in [5.41, 5.74) is 1.26. The number of urea groups is 1. The first-order valence-corrected chi connectivity index (χ1v) is 5.79. The van der Waals surface area contributed by atoms with Crippen molar-refractivity contribution in [2.75, 3.05) is 6.54 Å². The van der Waals surface area contributed by atoms with Gasteiger partial charge in [0.25, 0.3) is 0 Å². The SMILES string of the molecule is C=C1CCC[C@@H](NC(=O)NCC(C)C)C1. The average molecular weight is 210 g/mol. The van der Waals surface area contributed by atoms with Crippen LogP contribution in [0, 0.1) is 5.92 Å². The quantitative estimate of drug-likeness (QED) is 0.690. The molecule has 3 heteroatoms. The van der Waals surface area contributed by atoms with Crippen LogP contribution >= 0.6 is 0 Å². The van der Waals surface area contributed by atoms with Crippen LogP contribution in [0.2, 0.25) is 0 Å². The molecule has 0 aromatic heterocycles. The summed E-state index contributed by atoms with van der Waals surface area (Å²) in [6, 6.07) is 0.252. The first-order chi connectivity index (χ1) is 7.08. The molecule has 0 aliphatic heterocycles. The van der Waals surface area contributed by atoms with Crippen molar-refractivity contribution in [3.63, 3.8) is 0 Å². The largest absolute Gasteiger partial charge is 0.338 e. The molecule has 1 aliphatic carbocycles. The Labute approximate surface area is 92.3 Å². The van der Waals surface area contributed by atoms with Crippen LogP contribution in [-0.4, -0.2) is 18.6 Å². The second kappa shape index (κ2) is 5.79. The third-order valence-electron chi connectivity index (χ3n) is 2.62. The van der Waals surface area contributed by atoms with Crippen molar-refractivity contribution in [3.05, 3.63) is 12.2 Å². The highest BCUT2D eigenvalue weighted by atomic mass is 16.2. The molecule has 0 radical (unpaired) electrons. The van der Waals surface area contributed by atoms with E-state index in [-0.39, 0.29) is 6.03 Å². The Morgan fingerprint density at radius 2 is 2.33 bits per heavy atom. The predicted molar refractivity (Wildman–Crippen MR) is 62.8 cm³/mol. The zero-order valence-corrected chi connectivity index (χ0v) is 9.81. The molecule has 0 saturated heterocycles. The van der Waals surface area contributed by atoms with Crippen LogP contribution in [-0.2, 0) is 0 Å². The number of amides is 2. The van der Waals surface area contributed by atoms with Crippen LogP contribution in [0.25, 0.3) is 0 Å². The van der Waals surface area contributed by atoms with Gasteiger partial charge in [0.2, 0.25) is 0 Å². The normalized spacial score (nSPS) is 21.5. The summed E-state index contributed by atoms with van der Waals surface area (Å²) in [6.07, 6.45) is 4.28. The van der Waals surface area contributed by atoms with Crippen molar-refractivity contribution < 1.29 is 4.79 Å². The first-order valence-electron chi connectivity index (χ1n) is 5.79. The topological polar surface area (TPSA) is 41.1 Å². The van der Waals surface area contributed by atoms with E-state index in [0.717, 1.165) is 32.2 Å². The third kappa shape index (κ3) is 4.86. The van der Waals surface area contributed by atoms with E-state index in [1.807, 2.05) is 0 Å². The molecule has 0 aromatic rings. The number of hydrogen-bond donors (Lipinski definition) is 2. The molecule has 0 unspecified atom stereocenters. The highest BCUT2D eigenvalue weighted by molar-refractivity contribution is 5.74. The molecule has 0 bridgehead atoms. The minimum absolute atomic E-state index is 0.0385. The summed E-state index contributed by atoms with van der Waals surface area (Å²) in [6.45, 7) is 8.88. The van der Waals surface area contributed by atoms with E-state index in [9.17, 15) is 4.79 Å². The second-order valence-corrected chi connectivity index (χ2v) is 4.79. The Hall–Kier alpha value is -0.990. The van der Waals surface area contributed by atoms with Crippen LogP contribution in [0.5, 0.6) is 0 Å². The summed E-state index contributed by atoms with van der Waals surface area (Å²) in [5, 5.41) is 5.86.